The molecule has 6 heteroatoms. The highest BCUT2D eigenvalue weighted by molar-refractivity contribution is 8.13. The van der Waals surface area contributed by atoms with Gasteiger partial charge in [0.2, 0.25) is 0 Å². The first-order valence-corrected chi connectivity index (χ1v) is 7.55. The van der Waals surface area contributed by atoms with E-state index in [1.807, 2.05) is 24.3 Å². The number of H-pyrrole nitrogens is 1. The lowest BCUT2D eigenvalue weighted by atomic mass is 10.1. The van der Waals surface area contributed by atoms with E-state index in [0.717, 1.165) is 16.9 Å². The second kappa shape index (κ2) is 5.04. The molecule has 0 atom stereocenters. The molecule has 18 heavy (non-hydrogen) atoms. The topological polar surface area (TPSA) is 59.2 Å². The summed E-state index contributed by atoms with van der Waals surface area (Å²) >= 11 is 0. The van der Waals surface area contributed by atoms with Gasteiger partial charge in [-0.3, -0.25) is 0 Å². The van der Waals surface area contributed by atoms with Gasteiger partial charge in [0.25, 0.3) is 9.05 Å². The summed E-state index contributed by atoms with van der Waals surface area (Å²) in [5.41, 5.74) is 1.88. The lowest BCUT2D eigenvalue weighted by Gasteiger charge is -2.02. The van der Waals surface area contributed by atoms with Crippen LogP contribution in [0.4, 0.5) is 0 Å². The summed E-state index contributed by atoms with van der Waals surface area (Å²) in [4.78, 5) is 2.64. The number of rotatable bonds is 4. The van der Waals surface area contributed by atoms with Crippen LogP contribution in [0.3, 0.4) is 0 Å². The first-order chi connectivity index (χ1) is 8.49. The van der Waals surface area contributed by atoms with Crippen molar-refractivity contribution in [1.82, 2.24) is 4.98 Å². The highest BCUT2D eigenvalue weighted by Crippen LogP contribution is 2.19. The van der Waals surface area contributed by atoms with Crippen LogP contribution in [0, 0.1) is 0 Å². The van der Waals surface area contributed by atoms with Gasteiger partial charge in [0, 0.05) is 16.9 Å². The predicted molar refractivity (Wildman–Crippen MR) is 69.6 cm³/mol. The van der Waals surface area contributed by atoms with E-state index in [4.69, 9.17) is 15.4 Å². The minimum Gasteiger partial charge on any atom is -0.497 e. The number of ether oxygens (including phenoxy) is 1. The monoisotopic (exact) mass is 285 g/mol. The summed E-state index contributed by atoms with van der Waals surface area (Å²) in [5.74, 6) is 0.772. The molecular weight excluding hydrogens is 274 g/mol. The van der Waals surface area contributed by atoms with Gasteiger partial charge in [0.15, 0.2) is 0 Å². The van der Waals surface area contributed by atoms with Crippen molar-refractivity contribution in [2.75, 3.05) is 7.11 Å². The average Bonchev–Trinajstić information content (AvgIpc) is 2.77. The third kappa shape index (κ3) is 3.05. The Hall–Kier alpha value is -1.46. The Bertz CT molecular complexity index is 649. The van der Waals surface area contributed by atoms with Crippen LogP contribution in [0.1, 0.15) is 11.1 Å². The summed E-state index contributed by atoms with van der Waals surface area (Å²) in [5, 5.41) is 0.0158. The number of aromatic amines is 1. The van der Waals surface area contributed by atoms with Crippen molar-refractivity contribution in [2.24, 2.45) is 0 Å². The second-order valence-corrected chi connectivity index (χ2v) is 6.37. The lowest BCUT2D eigenvalue weighted by Crippen LogP contribution is -1.90. The summed E-state index contributed by atoms with van der Waals surface area (Å²) < 4.78 is 27.4. The maximum absolute atomic E-state index is 11.1. The van der Waals surface area contributed by atoms with Gasteiger partial charge in [-0.2, -0.15) is 0 Å². The Morgan fingerprint density at radius 1 is 1.28 bits per heavy atom. The van der Waals surface area contributed by atoms with Crippen molar-refractivity contribution in [3.8, 4) is 5.75 Å². The second-order valence-electron chi connectivity index (χ2n) is 3.84. The van der Waals surface area contributed by atoms with Gasteiger partial charge in [-0.25, -0.2) is 8.42 Å². The Labute approximate surface area is 110 Å². The first-order valence-electron chi connectivity index (χ1n) is 5.24. The van der Waals surface area contributed by atoms with E-state index < -0.39 is 9.05 Å². The molecular formula is C12H12ClNO3S. The van der Waals surface area contributed by atoms with Gasteiger partial charge in [0.1, 0.15) is 10.8 Å². The molecule has 2 aromatic rings. The highest BCUT2D eigenvalue weighted by atomic mass is 35.7. The maximum atomic E-state index is 11.1. The van der Waals surface area contributed by atoms with Crippen LogP contribution in [-0.2, 0) is 15.5 Å². The molecule has 0 radical (unpaired) electrons. The molecule has 0 fully saturated rings. The van der Waals surface area contributed by atoms with E-state index in [1.165, 1.54) is 6.07 Å². The standard InChI is InChI=1S/C12H12ClNO3S/c1-17-11-4-2-3-9(6-11)5-10-7-12(14-8-10)18(13,15)16/h2-4,6-8,14H,5H2,1H3. The zero-order valence-electron chi connectivity index (χ0n) is 9.68. The highest BCUT2D eigenvalue weighted by Gasteiger charge is 2.12. The van der Waals surface area contributed by atoms with Crippen LogP contribution >= 0.6 is 10.7 Å². The molecule has 0 aliphatic heterocycles. The van der Waals surface area contributed by atoms with Gasteiger partial charge < -0.3 is 9.72 Å². The van der Waals surface area contributed by atoms with Crippen LogP contribution in [0.5, 0.6) is 5.75 Å². The van der Waals surface area contributed by atoms with Crippen molar-refractivity contribution in [3.05, 3.63) is 47.7 Å². The van der Waals surface area contributed by atoms with E-state index in [0.29, 0.717) is 6.42 Å². The number of halogens is 1. The molecule has 0 amide bonds. The van der Waals surface area contributed by atoms with Gasteiger partial charge in [0.05, 0.1) is 7.11 Å². The number of hydrogen-bond acceptors (Lipinski definition) is 3. The molecule has 0 aliphatic carbocycles. The van der Waals surface area contributed by atoms with Crippen molar-refractivity contribution >= 4 is 19.7 Å². The summed E-state index contributed by atoms with van der Waals surface area (Å²) in [7, 11) is 3.15. The third-order valence-corrected chi connectivity index (χ3v) is 3.78. The lowest BCUT2D eigenvalue weighted by molar-refractivity contribution is 0.414. The molecule has 96 valence electrons. The molecule has 1 aromatic heterocycles. The largest absolute Gasteiger partial charge is 0.497 e. The molecule has 1 heterocycles. The summed E-state index contributed by atoms with van der Waals surface area (Å²) in [6, 6.07) is 9.13. The SMILES string of the molecule is COc1cccc(Cc2c[nH]c(S(=O)(=O)Cl)c2)c1. The molecule has 1 N–H and O–H groups in total. The zero-order valence-corrected chi connectivity index (χ0v) is 11.3. The molecule has 0 saturated carbocycles. The predicted octanol–water partition coefficient (Wildman–Crippen LogP) is 2.54. The fourth-order valence-corrected chi connectivity index (χ4v) is 2.44. The van der Waals surface area contributed by atoms with Crippen molar-refractivity contribution in [1.29, 1.82) is 0 Å². The Morgan fingerprint density at radius 3 is 2.67 bits per heavy atom. The van der Waals surface area contributed by atoms with Crippen molar-refractivity contribution in [2.45, 2.75) is 11.4 Å². The minimum atomic E-state index is -3.70. The molecule has 0 bridgehead atoms. The van der Waals surface area contributed by atoms with E-state index in [1.54, 1.807) is 13.3 Å². The van der Waals surface area contributed by atoms with E-state index >= 15 is 0 Å². The summed E-state index contributed by atoms with van der Waals surface area (Å²) in [6.45, 7) is 0. The maximum Gasteiger partial charge on any atom is 0.276 e. The van der Waals surface area contributed by atoms with Crippen LogP contribution in [0.2, 0.25) is 0 Å². The van der Waals surface area contributed by atoms with Gasteiger partial charge in [-0.05, 0) is 35.7 Å². The molecule has 1 aromatic carbocycles. The van der Waals surface area contributed by atoms with Crippen molar-refractivity contribution in [3.63, 3.8) is 0 Å². The Kier molecular flexibility index (Phi) is 3.63. The Morgan fingerprint density at radius 2 is 2.06 bits per heavy atom. The van der Waals surface area contributed by atoms with Crippen LogP contribution in [-0.4, -0.2) is 20.5 Å². The molecule has 4 nitrogen and oxygen atoms in total. The molecule has 0 unspecified atom stereocenters. The van der Waals surface area contributed by atoms with E-state index in [-0.39, 0.29) is 5.03 Å². The van der Waals surface area contributed by atoms with Crippen LogP contribution in [0.15, 0.2) is 41.6 Å². The van der Waals surface area contributed by atoms with Gasteiger partial charge in [-0.1, -0.05) is 12.1 Å². The fourth-order valence-electron chi connectivity index (χ4n) is 1.68. The molecule has 0 spiro atoms. The number of methoxy groups -OCH3 is 1. The third-order valence-electron chi connectivity index (χ3n) is 2.52. The number of aromatic nitrogens is 1. The molecule has 0 saturated heterocycles. The fraction of sp³-hybridized carbons (Fsp3) is 0.167. The molecule has 0 aliphatic rings. The molecule has 2 rings (SSSR count). The smallest absolute Gasteiger partial charge is 0.276 e. The average molecular weight is 286 g/mol. The summed E-state index contributed by atoms with van der Waals surface area (Å²) in [6.07, 6.45) is 2.24. The van der Waals surface area contributed by atoms with Crippen LogP contribution < -0.4 is 4.74 Å². The number of nitrogens with one attached hydrogen (secondary N) is 1. The van der Waals surface area contributed by atoms with E-state index in [2.05, 4.69) is 4.98 Å². The quantitative estimate of drug-likeness (QED) is 0.878. The van der Waals surface area contributed by atoms with Crippen LogP contribution in [0.25, 0.3) is 0 Å². The Balaban J connectivity index is 2.21. The number of hydrogen-bond donors (Lipinski definition) is 1. The minimum absolute atomic E-state index is 0.0158. The number of benzene rings is 1. The van der Waals surface area contributed by atoms with Gasteiger partial charge in [-0.15, -0.1) is 0 Å². The van der Waals surface area contributed by atoms with Gasteiger partial charge >= 0.3 is 0 Å². The van der Waals surface area contributed by atoms with E-state index in [9.17, 15) is 8.42 Å². The van der Waals surface area contributed by atoms with Crippen molar-refractivity contribution < 1.29 is 13.2 Å². The first kappa shape index (κ1) is 13.0. The zero-order chi connectivity index (χ0) is 13.2. The normalized spacial score (nSPS) is 11.4.